The van der Waals surface area contributed by atoms with Crippen molar-refractivity contribution in [2.24, 2.45) is 0 Å². The van der Waals surface area contributed by atoms with Gasteiger partial charge in [0.2, 0.25) is 0 Å². The Morgan fingerprint density at radius 2 is 1.22 bits per heavy atom. The number of hydrogen-bond acceptors (Lipinski definition) is 5. The van der Waals surface area contributed by atoms with E-state index >= 15 is 0 Å². The predicted octanol–water partition coefficient (Wildman–Crippen LogP) is 3.10. The second kappa shape index (κ2) is 27.9. The van der Waals surface area contributed by atoms with Crippen LogP contribution in [-0.4, -0.2) is 40.6 Å². The standard InChI is InChI=1S/C18H34O2.C3H8O3.Zn/c1-2-3-4-5-6-7-8-9-10-11-12-13-14-15-16-17-18(19)20;4-1-3(6)2-5;/h9-10H,2-8,11-17H2,1H3,(H,19,20);3-6H,1-2H2;/q;;+1/p-1/b10-9-;;. The van der Waals surface area contributed by atoms with Crippen LogP contribution in [-0.2, 0) is 24.3 Å². The first-order valence-electron chi connectivity index (χ1n) is 10.3. The molecular weight excluding hydrogens is 398 g/mol. The van der Waals surface area contributed by atoms with Crippen molar-refractivity contribution >= 4 is 5.97 Å². The molecule has 5 nitrogen and oxygen atoms in total. The molecule has 157 valence electrons. The molecule has 0 atom stereocenters. The number of carboxylic acid groups (broad SMARTS) is 1. The maximum atomic E-state index is 10.2. The van der Waals surface area contributed by atoms with Gasteiger partial charge in [0, 0.05) is 5.97 Å². The van der Waals surface area contributed by atoms with Crippen molar-refractivity contribution in [3.05, 3.63) is 12.2 Å². The Labute approximate surface area is 179 Å². The molecular formula is C21H41O5Zn. The fourth-order valence-electron chi connectivity index (χ4n) is 2.40. The van der Waals surface area contributed by atoms with E-state index < -0.39 is 12.1 Å². The molecule has 0 spiro atoms. The maximum Gasteiger partial charge on any atom is 1.00 e. The Bertz CT molecular complexity index is 307. The van der Waals surface area contributed by atoms with E-state index in [2.05, 4.69) is 19.1 Å². The van der Waals surface area contributed by atoms with Crippen LogP contribution in [0.15, 0.2) is 12.2 Å². The molecule has 1 radical (unpaired) electrons. The molecule has 0 amide bonds. The molecule has 0 aromatic carbocycles. The van der Waals surface area contributed by atoms with Crippen LogP contribution in [0, 0.1) is 0 Å². The molecule has 0 aliphatic rings. The van der Waals surface area contributed by atoms with E-state index in [1.54, 1.807) is 0 Å². The Kier molecular flexibility index (Phi) is 32.5. The third kappa shape index (κ3) is 33.7. The van der Waals surface area contributed by atoms with E-state index in [4.69, 9.17) is 15.3 Å². The van der Waals surface area contributed by atoms with Crippen LogP contribution in [0.1, 0.15) is 96.8 Å². The van der Waals surface area contributed by atoms with E-state index in [0.29, 0.717) is 0 Å². The topological polar surface area (TPSA) is 101 Å². The number of unbranched alkanes of at least 4 members (excludes halogenated alkanes) is 11. The van der Waals surface area contributed by atoms with Crippen LogP contribution in [0.25, 0.3) is 0 Å². The van der Waals surface area contributed by atoms with Crippen molar-refractivity contribution in [3.8, 4) is 0 Å². The molecule has 0 saturated heterocycles. The van der Waals surface area contributed by atoms with E-state index in [1.807, 2.05) is 0 Å². The molecule has 0 aliphatic carbocycles. The summed E-state index contributed by atoms with van der Waals surface area (Å²) in [6.45, 7) is 1.53. The molecule has 0 aromatic rings. The SMILES string of the molecule is CCCCCCCC/C=C\CCCCCCCC(=O)[O-].OCC(O)CO.[Zn+]. The number of aliphatic hydroxyl groups is 3. The van der Waals surface area contributed by atoms with Crippen LogP contribution in [0.4, 0.5) is 0 Å². The first-order valence-corrected chi connectivity index (χ1v) is 10.3. The number of hydrogen-bond donors (Lipinski definition) is 3. The molecule has 0 aromatic heterocycles. The molecule has 0 rings (SSSR count). The molecule has 3 N–H and O–H groups in total. The summed E-state index contributed by atoms with van der Waals surface area (Å²) in [7, 11) is 0. The number of allylic oxidation sites excluding steroid dienone is 2. The van der Waals surface area contributed by atoms with Crippen LogP contribution in [0.2, 0.25) is 0 Å². The molecule has 0 unspecified atom stereocenters. The van der Waals surface area contributed by atoms with E-state index in [9.17, 15) is 9.90 Å². The summed E-state index contributed by atoms with van der Waals surface area (Å²) >= 11 is 0. The smallest absolute Gasteiger partial charge is 0.550 e. The maximum absolute atomic E-state index is 10.2. The monoisotopic (exact) mass is 437 g/mol. The van der Waals surface area contributed by atoms with Gasteiger partial charge in [-0.2, -0.15) is 0 Å². The van der Waals surface area contributed by atoms with Crippen molar-refractivity contribution in [1.29, 1.82) is 0 Å². The number of carboxylic acids is 1. The van der Waals surface area contributed by atoms with Crippen LogP contribution >= 0.6 is 0 Å². The van der Waals surface area contributed by atoms with E-state index in [-0.39, 0.29) is 39.1 Å². The van der Waals surface area contributed by atoms with Gasteiger partial charge in [-0.25, -0.2) is 0 Å². The van der Waals surface area contributed by atoms with Crippen molar-refractivity contribution < 1.29 is 44.7 Å². The largest absolute Gasteiger partial charge is 1.00 e. The summed E-state index contributed by atoms with van der Waals surface area (Å²) in [6, 6.07) is 0. The zero-order valence-electron chi connectivity index (χ0n) is 17.4. The van der Waals surface area contributed by atoms with Gasteiger partial charge in [0.05, 0.1) is 13.2 Å². The van der Waals surface area contributed by atoms with Crippen LogP contribution in [0.3, 0.4) is 0 Å². The van der Waals surface area contributed by atoms with Gasteiger partial charge in [0.1, 0.15) is 6.10 Å². The molecule has 0 aliphatic heterocycles. The molecule has 0 saturated carbocycles. The first-order chi connectivity index (χ1) is 12.6. The third-order valence-corrected chi connectivity index (χ3v) is 4.06. The average Bonchev–Trinajstić information content (AvgIpc) is 2.64. The minimum Gasteiger partial charge on any atom is -0.550 e. The molecule has 0 bridgehead atoms. The summed E-state index contributed by atoms with van der Waals surface area (Å²) < 4.78 is 0. The molecule has 0 heterocycles. The Morgan fingerprint density at radius 1 is 0.815 bits per heavy atom. The van der Waals surface area contributed by atoms with E-state index in [1.165, 1.54) is 64.2 Å². The zero-order chi connectivity index (χ0) is 19.9. The Morgan fingerprint density at radius 3 is 1.59 bits per heavy atom. The molecule has 6 heteroatoms. The normalized spacial score (nSPS) is 10.6. The van der Waals surface area contributed by atoms with Gasteiger partial charge in [0.15, 0.2) is 0 Å². The second-order valence-corrected chi connectivity index (χ2v) is 6.73. The summed E-state index contributed by atoms with van der Waals surface area (Å²) in [5.74, 6) is -0.914. The van der Waals surface area contributed by atoms with Gasteiger partial charge in [-0.05, 0) is 38.5 Å². The van der Waals surface area contributed by atoms with Gasteiger partial charge in [-0.3, -0.25) is 0 Å². The average molecular weight is 439 g/mol. The van der Waals surface area contributed by atoms with Crippen molar-refractivity contribution in [3.63, 3.8) is 0 Å². The zero-order valence-corrected chi connectivity index (χ0v) is 20.4. The summed E-state index contributed by atoms with van der Waals surface area (Å²) in [6.07, 6.45) is 19.9. The van der Waals surface area contributed by atoms with Gasteiger partial charge in [0.25, 0.3) is 0 Å². The third-order valence-electron chi connectivity index (χ3n) is 4.06. The van der Waals surface area contributed by atoms with E-state index in [0.717, 1.165) is 19.3 Å². The molecule has 0 fully saturated rings. The van der Waals surface area contributed by atoms with Gasteiger partial charge < -0.3 is 25.2 Å². The number of rotatable bonds is 17. The number of aliphatic hydroxyl groups excluding tert-OH is 3. The molecule has 27 heavy (non-hydrogen) atoms. The van der Waals surface area contributed by atoms with Crippen LogP contribution in [0.5, 0.6) is 0 Å². The van der Waals surface area contributed by atoms with Crippen molar-refractivity contribution in [2.75, 3.05) is 13.2 Å². The van der Waals surface area contributed by atoms with Gasteiger partial charge in [-0.1, -0.05) is 70.4 Å². The summed E-state index contributed by atoms with van der Waals surface area (Å²) in [4.78, 5) is 10.2. The Hall–Kier alpha value is -0.287. The minimum absolute atomic E-state index is 0. The minimum atomic E-state index is -0.954. The predicted molar refractivity (Wildman–Crippen MR) is 105 cm³/mol. The summed E-state index contributed by atoms with van der Waals surface area (Å²) in [5.41, 5.74) is 0. The van der Waals surface area contributed by atoms with Crippen molar-refractivity contribution in [1.82, 2.24) is 0 Å². The fraction of sp³-hybridized carbons (Fsp3) is 0.857. The second-order valence-electron chi connectivity index (χ2n) is 6.73. The van der Waals surface area contributed by atoms with Gasteiger partial charge in [-0.15, -0.1) is 0 Å². The van der Waals surface area contributed by atoms with Crippen LogP contribution < -0.4 is 5.11 Å². The van der Waals surface area contributed by atoms with Gasteiger partial charge >= 0.3 is 19.5 Å². The summed E-state index contributed by atoms with van der Waals surface area (Å²) in [5, 5.41) is 34.2. The number of aliphatic carboxylic acids is 1. The Balaban J connectivity index is -0.000000709. The van der Waals surface area contributed by atoms with Crippen molar-refractivity contribution in [2.45, 2.75) is 103 Å². The quantitative estimate of drug-likeness (QED) is 0.184. The number of carbonyl (C=O) groups is 1. The first kappa shape index (κ1) is 31.4. The fourth-order valence-corrected chi connectivity index (χ4v) is 2.40. The number of carbonyl (C=O) groups excluding carboxylic acids is 1.